The van der Waals surface area contributed by atoms with Crippen molar-refractivity contribution in [2.45, 2.75) is 25.9 Å². The maximum absolute atomic E-state index is 14.4. The summed E-state index contributed by atoms with van der Waals surface area (Å²) in [5.74, 6) is -1.47. The molecule has 1 unspecified atom stereocenters. The fourth-order valence-electron chi connectivity index (χ4n) is 3.48. The minimum atomic E-state index is -2.74. The number of hydrogen-bond donors (Lipinski definition) is 1. The highest BCUT2D eigenvalue weighted by Gasteiger charge is 2.24. The van der Waals surface area contributed by atoms with Gasteiger partial charge in [0.05, 0.1) is 20.4 Å². The van der Waals surface area contributed by atoms with Crippen LogP contribution in [-0.4, -0.2) is 63.9 Å². The summed E-state index contributed by atoms with van der Waals surface area (Å²) in [7, 11) is 7.87. The lowest BCUT2D eigenvalue weighted by Gasteiger charge is -2.25. The zero-order valence-corrected chi connectivity index (χ0v) is 23.2. The Morgan fingerprint density at radius 2 is 1.62 bits per heavy atom. The second-order valence-electron chi connectivity index (χ2n) is 8.28. The Labute approximate surface area is 230 Å². The molecule has 0 spiro atoms. The number of methoxy groups -OCH3 is 2. The topological polar surface area (TPSA) is 94.9 Å². The Hall–Kier alpha value is -4.29. The third kappa shape index (κ3) is 10.8. The van der Waals surface area contributed by atoms with Gasteiger partial charge in [0.2, 0.25) is 6.41 Å². The summed E-state index contributed by atoms with van der Waals surface area (Å²) in [5, 5.41) is 6.40. The first-order chi connectivity index (χ1) is 19.0. The average molecular weight is 571 g/mol. The van der Waals surface area contributed by atoms with Crippen LogP contribution in [0.15, 0.2) is 42.6 Å². The summed E-state index contributed by atoms with van der Waals surface area (Å²) in [6, 6.07) is 8.69. The summed E-state index contributed by atoms with van der Waals surface area (Å²) in [6.07, 6.45) is 2.99. The maximum atomic E-state index is 14.4. The number of alkyl halides is 2. The molecular weight excluding hydrogens is 536 g/mol. The van der Waals surface area contributed by atoms with Crippen LogP contribution in [0.3, 0.4) is 0 Å². The summed E-state index contributed by atoms with van der Waals surface area (Å²) < 4.78 is 67.7. The summed E-state index contributed by atoms with van der Waals surface area (Å²) in [6.45, 7) is -0.648. The number of aryl methyl sites for hydroxylation is 2. The molecule has 220 valence electrons. The highest BCUT2D eigenvalue weighted by atomic mass is 19.3. The molecule has 1 aromatic heterocycles. The molecule has 13 heteroatoms. The number of rotatable bonds is 11. The zero-order chi connectivity index (χ0) is 30.2. The van der Waals surface area contributed by atoms with Crippen molar-refractivity contribution < 1.29 is 41.4 Å². The molecule has 0 aliphatic heterocycles. The van der Waals surface area contributed by atoms with Gasteiger partial charge in [0.15, 0.2) is 0 Å². The van der Waals surface area contributed by atoms with Gasteiger partial charge in [-0.25, -0.2) is 8.78 Å². The Balaban J connectivity index is 0.000000439. The molecule has 1 atom stereocenters. The number of benzene rings is 2. The fourth-order valence-corrected chi connectivity index (χ4v) is 3.48. The van der Waals surface area contributed by atoms with E-state index in [2.05, 4.69) is 15.2 Å². The number of anilines is 1. The molecule has 0 saturated carbocycles. The first-order valence-corrected chi connectivity index (χ1v) is 11.9. The number of aromatic nitrogens is 2. The van der Waals surface area contributed by atoms with E-state index in [0.29, 0.717) is 24.3 Å². The third-order valence-electron chi connectivity index (χ3n) is 5.32. The molecule has 0 bridgehead atoms. The minimum Gasteiger partial charge on any atom is -0.497 e. The van der Waals surface area contributed by atoms with Crippen molar-refractivity contribution in [3.05, 3.63) is 65.4 Å². The van der Waals surface area contributed by atoms with Crippen molar-refractivity contribution in [2.24, 2.45) is 7.05 Å². The number of ether oxygens (including phenoxy) is 3. The van der Waals surface area contributed by atoms with Crippen molar-refractivity contribution in [2.75, 3.05) is 39.8 Å². The van der Waals surface area contributed by atoms with Gasteiger partial charge in [-0.3, -0.25) is 9.48 Å². The number of halogens is 4. The molecule has 9 nitrogen and oxygen atoms in total. The average Bonchev–Trinajstić information content (AvgIpc) is 3.30. The van der Waals surface area contributed by atoms with Crippen LogP contribution in [0.25, 0.3) is 0 Å². The van der Waals surface area contributed by atoms with Crippen LogP contribution >= 0.6 is 0 Å². The Kier molecular flexibility index (Phi) is 14.6. The van der Waals surface area contributed by atoms with Crippen LogP contribution in [0.1, 0.15) is 23.5 Å². The lowest BCUT2D eigenvalue weighted by atomic mass is 9.94. The van der Waals surface area contributed by atoms with Gasteiger partial charge < -0.3 is 29.2 Å². The first kappa shape index (κ1) is 33.7. The van der Waals surface area contributed by atoms with Crippen molar-refractivity contribution in [3.8, 4) is 17.4 Å². The molecule has 0 fully saturated rings. The highest BCUT2D eigenvalue weighted by Crippen LogP contribution is 2.32. The molecule has 2 aromatic carbocycles. The Bertz CT molecular complexity index is 1170. The Morgan fingerprint density at radius 1 is 1.05 bits per heavy atom. The number of likely N-dealkylation sites (N-methyl/N-ethyl adjacent to an activating group) is 1. The van der Waals surface area contributed by atoms with Crippen molar-refractivity contribution in [3.63, 3.8) is 0 Å². The molecule has 1 heterocycles. The van der Waals surface area contributed by atoms with E-state index in [4.69, 9.17) is 14.3 Å². The molecule has 0 saturated heterocycles. The second kappa shape index (κ2) is 17.3. The van der Waals surface area contributed by atoms with Crippen LogP contribution < -0.4 is 24.4 Å². The molecule has 40 heavy (non-hydrogen) atoms. The smallest absolute Gasteiger partial charge is 0.387 e. The number of carbonyl (C=O) groups excluding carboxylic acids is 2. The SMILES string of the molecule is CNC=O.COc1cc(F)c(C(CC=O)CN(C)c2cn(C)nc2OC)c(F)c1.Cc1ccc(OC(F)F)cc1. The second-order valence-corrected chi connectivity index (χ2v) is 8.28. The monoisotopic (exact) mass is 570 g/mol. The van der Waals surface area contributed by atoms with Gasteiger partial charge in [0, 0.05) is 57.7 Å². The minimum absolute atomic E-state index is 0.0207. The van der Waals surface area contributed by atoms with Gasteiger partial charge in [-0.1, -0.05) is 17.7 Å². The number of nitrogens with zero attached hydrogens (tertiary/aromatic N) is 3. The normalized spacial score (nSPS) is 10.8. The van der Waals surface area contributed by atoms with E-state index in [1.165, 1.54) is 26.4 Å². The van der Waals surface area contributed by atoms with Crippen LogP contribution in [0, 0.1) is 18.6 Å². The van der Waals surface area contributed by atoms with Crippen molar-refractivity contribution in [1.29, 1.82) is 0 Å². The van der Waals surface area contributed by atoms with Gasteiger partial charge in [-0.15, -0.1) is 5.10 Å². The van der Waals surface area contributed by atoms with Gasteiger partial charge in [0.1, 0.15) is 35.1 Å². The number of hydrogen-bond acceptors (Lipinski definition) is 7. The first-order valence-electron chi connectivity index (χ1n) is 11.9. The molecule has 0 radical (unpaired) electrons. The van der Waals surface area contributed by atoms with Crippen molar-refractivity contribution in [1.82, 2.24) is 15.1 Å². The lowest BCUT2D eigenvalue weighted by molar-refractivity contribution is -0.109. The van der Waals surface area contributed by atoms with Crippen LogP contribution in [0.2, 0.25) is 0 Å². The Morgan fingerprint density at radius 3 is 2.08 bits per heavy atom. The van der Waals surface area contributed by atoms with E-state index in [1.807, 2.05) is 6.92 Å². The fraction of sp³-hybridized carbons (Fsp3) is 0.370. The molecule has 3 aromatic rings. The van der Waals surface area contributed by atoms with E-state index in [1.54, 1.807) is 49.1 Å². The van der Waals surface area contributed by atoms with Gasteiger partial charge >= 0.3 is 6.61 Å². The highest BCUT2D eigenvalue weighted by molar-refractivity contribution is 5.56. The van der Waals surface area contributed by atoms with Gasteiger partial charge in [-0.2, -0.15) is 8.78 Å². The van der Waals surface area contributed by atoms with Crippen LogP contribution in [0.5, 0.6) is 17.4 Å². The van der Waals surface area contributed by atoms with E-state index in [0.717, 1.165) is 17.7 Å². The summed E-state index contributed by atoms with van der Waals surface area (Å²) >= 11 is 0. The molecule has 0 aliphatic carbocycles. The lowest BCUT2D eigenvalue weighted by Crippen LogP contribution is -2.26. The largest absolute Gasteiger partial charge is 0.497 e. The molecule has 3 rings (SSSR count). The third-order valence-corrected chi connectivity index (χ3v) is 5.32. The summed E-state index contributed by atoms with van der Waals surface area (Å²) in [5.41, 5.74) is 1.55. The number of nitrogens with one attached hydrogen (secondary N) is 1. The predicted molar refractivity (Wildman–Crippen MR) is 142 cm³/mol. The van der Waals surface area contributed by atoms with Crippen LogP contribution in [0.4, 0.5) is 23.2 Å². The van der Waals surface area contributed by atoms with Gasteiger partial charge in [-0.05, 0) is 19.1 Å². The van der Waals surface area contributed by atoms with E-state index in [9.17, 15) is 22.4 Å². The predicted octanol–water partition coefficient (Wildman–Crippen LogP) is 4.48. The van der Waals surface area contributed by atoms with E-state index in [-0.39, 0.29) is 30.0 Å². The number of carbonyl (C=O) groups is 2. The number of amides is 1. The molecule has 1 N–H and O–H groups in total. The standard InChI is InChI=1S/C17H21F2N3O3.C8H8F2O.C2H5NO/c1-21(15-10-22(2)20-17(15)25-4)9-11(5-6-23)16-13(18)7-12(24-3)8-14(16)19;1-6-2-4-7(5-3-6)11-8(9)10;1-3-2-4/h6-8,10-11H,5,9H2,1-4H3;2-5,8H,1H3;2H,1H3,(H,3,4). The van der Waals surface area contributed by atoms with Crippen LogP contribution in [-0.2, 0) is 16.6 Å². The molecule has 0 aliphatic rings. The van der Waals surface area contributed by atoms with E-state index >= 15 is 0 Å². The molecule has 1 amide bonds. The van der Waals surface area contributed by atoms with Gasteiger partial charge in [0.25, 0.3) is 5.88 Å². The zero-order valence-electron chi connectivity index (χ0n) is 23.2. The quantitative estimate of drug-likeness (QED) is 0.268. The maximum Gasteiger partial charge on any atom is 0.387 e. The number of aldehydes is 1. The molecular formula is C27H34F4N4O5. The summed E-state index contributed by atoms with van der Waals surface area (Å²) in [4.78, 5) is 21.9. The van der Waals surface area contributed by atoms with Crippen molar-refractivity contribution >= 4 is 18.4 Å². The van der Waals surface area contributed by atoms with E-state index < -0.39 is 24.2 Å².